The molecular formula is C18H21NO3. The number of benzene rings is 2. The number of nitrogens with one attached hydrogen (secondary N) is 1. The highest BCUT2D eigenvalue weighted by Gasteiger charge is 2.18. The van der Waals surface area contributed by atoms with E-state index in [1.54, 1.807) is 6.92 Å². The van der Waals surface area contributed by atoms with Crippen LogP contribution in [-0.4, -0.2) is 23.3 Å². The molecule has 0 bridgehead atoms. The number of aliphatic hydroxyl groups excluding tert-OH is 1. The molecule has 22 heavy (non-hydrogen) atoms. The highest BCUT2D eigenvalue weighted by Crippen LogP contribution is 2.07. The van der Waals surface area contributed by atoms with Gasteiger partial charge in [0.15, 0.2) is 0 Å². The monoisotopic (exact) mass is 299 g/mol. The minimum Gasteiger partial charge on any atom is -0.445 e. The smallest absolute Gasteiger partial charge is 0.407 e. The van der Waals surface area contributed by atoms with Crippen LogP contribution in [0.4, 0.5) is 4.79 Å². The van der Waals surface area contributed by atoms with Crippen molar-refractivity contribution in [1.29, 1.82) is 0 Å². The maximum absolute atomic E-state index is 11.9. The maximum atomic E-state index is 11.9. The summed E-state index contributed by atoms with van der Waals surface area (Å²) in [5, 5.41) is 12.6. The van der Waals surface area contributed by atoms with Crippen molar-refractivity contribution in [2.45, 2.75) is 32.1 Å². The second kappa shape index (κ2) is 8.20. The van der Waals surface area contributed by atoms with Crippen molar-refractivity contribution < 1.29 is 14.6 Å². The summed E-state index contributed by atoms with van der Waals surface area (Å²) in [6, 6.07) is 18.8. The average Bonchev–Trinajstić information content (AvgIpc) is 2.54. The van der Waals surface area contributed by atoms with Crippen LogP contribution in [-0.2, 0) is 17.8 Å². The van der Waals surface area contributed by atoms with Gasteiger partial charge in [-0.15, -0.1) is 0 Å². The Balaban J connectivity index is 1.86. The van der Waals surface area contributed by atoms with E-state index in [0.717, 1.165) is 11.1 Å². The second-order valence-corrected chi connectivity index (χ2v) is 5.24. The van der Waals surface area contributed by atoms with Crippen LogP contribution in [0.2, 0.25) is 0 Å². The zero-order valence-electron chi connectivity index (χ0n) is 12.6. The van der Waals surface area contributed by atoms with Gasteiger partial charge in [0, 0.05) is 0 Å². The Hall–Kier alpha value is -2.33. The van der Waals surface area contributed by atoms with Gasteiger partial charge in [0.1, 0.15) is 6.61 Å². The third kappa shape index (κ3) is 5.22. The number of alkyl carbamates (subject to hydrolysis) is 1. The van der Waals surface area contributed by atoms with Gasteiger partial charge in [-0.3, -0.25) is 0 Å². The van der Waals surface area contributed by atoms with Gasteiger partial charge in [0.25, 0.3) is 0 Å². The number of aliphatic hydroxyl groups is 1. The van der Waals surface area contributed by atoms with Crippen LogP contribution >= 0.6 is 0 Å². The van der Waals surface area contributed by atoms with Crippen LogP contribution in [0.15, 0.2) is 60.7 Å². The first-order valence-electron chi connectivity index (χ1n) is 7.34. The zero-order chi connectivity index (χ0) is 15.8. The zero-order valence-corrected chi connectivity index (χ0v) is 12.6. The fourth-order valence-electron chi connectivity index (χ4n) is 2.13. The Morgan fingerprint density at radius 2 is 1.59 bits per heavy atom. The van der Waals surface area contributed by atoms with Gasteiger partial charge in [0.05, 0.1) is 12.1 Å². The molecule has 116 valence electrons. The Bertz CT molecular complexity index is 569. The van der Waals surface area contributed by atoms with Crippen molar-refractivity contribution >= 4 is 6.09 Å². The number of ether oxygens (including phenoxy) is 1. The molecular weight excluding hydrogens is 278 g/mol. The highest BCUT2D eigenvalue weighted by atomic mass is 16.5. The number of hydrogen-bond acceptors (Lipinski definition) is 3. The summed E-state index contributed by atoms with van der Waals surface area (Å²) in [5.41, 5.74) is 1.98. The summed E-state index contributed by atoms with van der Waals surface area (Å²) in [5.74, 6) is 0. The third-order valence-corrected chi connectivity index (χ3v) is 3.40. The largest absolute Gasteiger partial charge is 0.445 e. The standard InChI is InChI=1S/C18H21NO3/c1-14(20)17(12-15-8-4-2-5-9-15)19-18(21)22-13-16-10-6-3-7-11-16/h2-11,14,17,20H,12-13H2,1H3,(H,19,21)/t14-,17+/m1/s1. The van der Waals surface area contributed by atoms with E-state index >= 15 is 0 Å². The molecule has 2 N–H and O–H groups in total. The molecule has 2 aromatic rings. The van der Waals surface area contributed by atoms with Crippen molar-refractivity contribution in [3.8, 4) is 0 Å². The van der Waals surface area contributed by atoms with Gasteiger partial charge in [-0.1, -0.05) is 60.7 Å². The van der Waals surface area contributed by atoms with E-state index in [4.69, 9.17) is 4.74 Å². The van der Waals surface area contributed by atoms with Crippen molar-refractivity contribution in [3.05, 3.63) is 71.8 Å². The second-order valence-electron chi connectivity index (χ2n) is 5.24. The van der Waals surface area contributed by atoms with Gasteiger partial charge < -0.3 is 15.2 Å². The topological polar surface area (TPSA) is 58.6 Å². The number of rotatable bonds is 6. The highest BCUT2D eigenvalue weighted by molar-refractivity contribution is 5.67. The molecule has 2 atom stereocenters. The van der Waals surface area contributed by atoms with Crippen LogP contribution < -0.4 is 5.32 Å². The molecule has 4 nitrogen and oxygen atoms in total. The van der Waals surface area contributed by atoms with Gasteiger partial charge in [-0.2, -0.15) is 0 Å². The lowest BCUT2D eigenvalue weighted by atomic mass is 10.0. The molecule has 0 aliphatic rings. The van der Waals surface area contributed by atoms with Crippen LogP contribution in [0.3, 0.4) is 0 Å². The Morgan fingerprint density at radius 1 is 1.05 bits per heavy atom. The summed E-state index contributed by atoms with van der Waals surface area (Å²) in [6.45, 7) is 1.87. The van der Waals surface area contributed by atoms with Crippen LogP contribution in [0.25, 0.3) is 0 Å². The number of carbonyl (C=O) groups excluding carboxylic acids is 1. The first-order chi connectivity index (χ1) is 10.6. The van der Waals surface area contributed by atoms with E-state index in [2.05, 4.69) is 5.32 Å². The molecule has 2 rings (SSSR count). The van der Waals surface area contributed by atoms with E-state index in [-0.39, 0.29) is 12.6 Å². The van der Waals surface area contributed by atoms with Crippen LogP contribution in [0, 0.1) is 0 Å². The molecule has 1 amide bonds. The summed E-state index contributed by atoms with van der Waals surface area (Å²) < 4.78 is 5.19. The lowest BCUT2D eigenvalue weighted by molar-refractivity contribution is 0.109. The molecule has 0 saturated carbocycles. The van der Waals surface area contributed by atoms with E-state index in [1.807, 2.05) is 60.7 Å². The van der Waals surface area contributed by atoms with E-state index in [0.29, 0.717) is 6.42 Å². The maximum Gasteiger partial charge on any atom is 0.407 e. The molecule has 0 spiro atoms. The first kappa shape index (κ1) is 16.0. The summed E-state index contributed by atoms with van der Waals surface area (Å²) in [6.07, 6.45) is -0.631. The minimum absolute atomic E-state index is 0.213. The molecule has 0 unspecified atom stereocenters. The molecule has 0 radical (unpaired) electrons. The minimum atomic E-state index is -0.663. The van der Waals surface area contributed by atoms with Gasteiger partial charge in [0.2, 0.25) is 0 Å². The molecule has 0 aliphatic heterocycles. The molecule has 0 saturated heterocycles. The summed E-state index contributed by atoms with van der Waals surface area (Å²) >= 11 is 0. The molecule has 2 aromatic carbocycles. The number of carbonyl (C=O) groups is 1. The van der Waals surface area contributed by atoms with Crippen molar-refractivity contribution in [2.24, 2.45) is 0 Å². The average molecular weight is 299 g/mol. The van der Waals surface area contributed by atoms with Crippen LogP contribution in [0.5, 0.6) is 0 Å². The Labute approximate surface area is 130 Å². The molecule has 0 heterocycles. The molecule has 0 fully saturated rings. The van der Waals surface area contributed by atoms with E-state index < -0.39 is 12.2 Å². The fourth-order valence-corrected chi connectivity index (χ4v) is 2.13. The van der Waals surface area contributed by atoms with Crippen LogP contribution in [0.1, 0.15) is 18.1 Å². The van der Waals surface area contributed by atoms with Crippen molar-refractivity contribution in [3.63, 3.8) is 0 Å². The SMILES string of the molecule is C[C@@H](O)[C@H](Cc1ccccc1)NC(=O)OCc1ccccc1. The van der Waals surface area contributed by atoms with Gasteiger partial charge >= 0.3 is 6.09 Å². The molecule has 4 heteroatoms. The lowest BCUT2D eigenvalue weighted by Crippen LogP contribution is -2.43. The number of amides is 1. The molecule has 0 aliphatic carbocycles. The van der Waals surface area contributed by atoms with E-state index in [1.165, 1.54) is 0 Å². The number of hydrogen-bond donors (Lipinski definition) is 2. The van der Waals surface area contributed by atoms with E-state index in [9.17, 15) is 9.90 Å². The Morgan fingerprint density at radius 3 is 2.14 bits per heavy atom. The van der Waals surface area contributed by atoms with Gasteiger partial charge in [-0.05, 0) is 24.5 Å². The van der Waals surface area contributed by atoms with Gasteiger partial charge in [-0.25, -0.2) is 4.79 Å². The van der Waals surface area contributed by atoms with Crippen molar-refractivity contribution in [2.75, 3.05) is 0 Å². The summed E-state index contributed by atoms with van der Waals surface area (Å²) in [7, 11) is 0. The first-order valence-corrected chi connectivity index (χ1v) is 7.34. The lowest BCUT2D eigenvalue weighted by Gasteiger charge is -2.21. The quantitative estimate of drug-likeness (QED) is 0.862. The predicted molar refractivity (Wildman–Crippen MR) is 85.4 cm³/mol. The fraction of sp³-hybridized carbons (Fsp3) is 0.278. The van der Waals surface area contributed by atoms with Crippen molar-refractivity contribution in [1.82, 2.24) is 5.32 Å². The third-order valence-electron chi connectivity index (χ3n) is 3.40. The summed E-state index contributed by atoms with van der Waals surface area (Å²) in [4.78, 5) is 11.9. The predicted octanol–water partition coefficient (Wildman–Crippen LogP) is 2.90. The molecule has 0 aromatic heterocycles. The Kier molecular flexibility index (Phi) is 5.98. The normalized spacial score (nSPS) is 13.2.